The number of halogens is 1. The summed E-state index contributed by atoms with van der Waals surface area (Å²) >= 11 is 0. The summed E-state index contributed by atoms with van der Waals surface area (Å²) < 4.78 is 24.1. The highest BCUT2D eigenvalue weighted by Gasteiger charge is 2.07. The molecule has 0 N–H and O–H groups in total. The lowest BCUT2D eigenvalue weighted by Crippen LogP contribution is -2.13. The molecule has 0 atom stereocenters. The van der Waals surface area contributed by atoms with Crippen LogP contribution in [0.1, 0.15) is 17.5 Å². The molecule has 124 valence electrons. The second kappa shape index (κ2) is 8.53. The summed E-state index contributed by atoms with van der Waals surface area (Å²) in [5.41, 5.74) is 2.15. The fourth-order valence-corrected chi connectivity index (χ4v) is 2.33. The second-order valence-corrected chi connectivity index (χ2v) is 5.81. The highest BCUT2D eigenvalue weighted by atomic mass is 19.1. The molecule has 0 amide bonds. The Kier molecular flexibility index (Phi) is 6.41. The molecule has 0 aliphatic carbocycles. The van der Waals surface area contributed by atoms with Gasteiger partial charge in [-0.15, -0.1) is 0 Å². The molecular formula is C19H24FNO2. The Hall–Kier alpha value is -2.07. The van der Waals surface area contributed by atoms with Crippen LogP contribution in [-0.4, -0.2) is 32.6 Å². The van der Waals surface area contributed by atoms with E-state index < -0.39 is 0 Å². The first-order valence-electron chi connectivity index (χ1n) is 7.77. The molecule has 0 unspecified atom stereocenters. The summed E-state index contributed by atoms with van der Waals surface area (Å²) in [4.78, 5) is 2.18. The average Bonchev–Trinajstić information content (AvgIpc) is 2.54. The van der Waals surface area contributed by atoms with Crippen LogP contribution >= 0.6 is 0 Å². The molecule has 4 heteroatoms. The van der Waals surface area contributed by atoms with Crippen LogP contribution in [0.3, 0.4) is 0 Å². The van der Waals surface area contributed by atoms with Gasteiger partial charge < -0.3 is 14.4 Å². The maximum absolute atomic E-state index is 12.9. The van der Waals surface area contributed by atoms with E-state index in [0.717, 1.165) is 30.7 Å². The molecule has 23 heavy (non-hydrogen) atoms. The summed E-state index contributed by atoms with van der Waals surface area (Å²) in [6.07, 6.45) is 2.11. The number of hydrogen-bond donors (Lipinski definition) is 0. The zero-order valence-electron chi connectivity index (χ0n) is 14.0. The van der Waals surface area contributed by atoms with Crippen molar-refractivity contribution >= 4 is 0 Å². The van der Waals surface area contributed by atoms with E-state index in [1.54, 1.807) is 19.2 Å². The minimum Gasteiger partial charge on any atom is -0.493 e. The second-order valence-electron chi connectivity index (χ2n) is 5.81. The lowest BCUT2D eigenvalue weighted by Gasteiger charge is -2.13. The highest BCUT2D eigenvalue weighted by Crippen LogP contribution is 2.29. The largest absolute Gasteiger partial charge is 0.493 e. The van der Waals surface area contributed by atoms with Crippen molar-refractivity contribution in [3.05, 3.63) is 59.4 Å². The summed E-state index contributed by atoms with van der Waals surface area (Å²) in [5.74, 6) is 1.19. The summed E-state index contributed by atoms with van der Waals surface area (Å²) in [7, 11) is 5.80. The van der Waals surface area contributed by atoms with Crippen LogP contribution in [0, 0.1) is 5.82 Å². The van der Waals surface area contributed by atoms with Gasteiger partial charge in [0.05, 0.1) is 7.11 Å². The third kappa shape index (κ3) is 5.57. The molecule has 0 saturated heterocycles. The molecule has 3 nitrogen and oxygen atoms in total. The van der Waals surface area contributed by atoms with Crippen molar-refractivity contribution in [2.24, 2.45) is 0 Å². The van der Waals surface area contributed by atoms with Gasteiger partial charge in [-0.05, 0) is 68.9 Å². The maximum atomic E-state index is 12.9. The van der Waals surface area contributed by atoms with Gasteiger partial charge in [-0.1, -0.05) is 18.2 Å². The van der Waals surface area contributed by atoms with E-state index in [1.165, 1.54) is 17.7 Å². The predicted molar refractivity (Wildman–Crippen MR) is 90.6 cm³/mol. The van der Waals surface area contributed by atoms with Gasteiger partial charge in [0.1, 0.15) is 12.4 Å². The van der Waals surface area contributed by atoms with Crippen LogP contribution in [-0.2, 0) is 13.0 Å². The van der Waals surface area contributed by atoms with E-state index in [4.69, 9.17) is 9.47 Å². The molecule has 0 aromatic heterocycles. The quantitative estimate of drug-likeness (QED) is 0.737. The van der Waals surface area contributed by atoms with E-state index >= 15 is 0 Å². The minimum atomic E-state index is -0.242. The van der Waals surface area contributed by atoms with E-state index in [1.807, 2.05) is 12.1 Å². The van der Waals surface area contributed by atoms with E-state index in [0.29, 0.717) is 12.4 Å². The zero-order chi connectivity index (χ0) is 16.7. The molecule has 2 aromatic carbocycles. The van der Waals surface area contributed by atoms with Gasteiger partial charge in [-0.25, -0.2) is 4.39 Å². The van der Waals surface area contributed by atoms with Crippen molar-refractivity contribution in [3.63, 3.8) is 0 Å². The first kappa shape index (κ1) is 17.3. The molecular weight excluding hydrogens is 293 g/mol. The van der Waals surface area contributed by atoms with E-state index in [-0.39, 0.29) is 5.82 Å². The SMILES string of the molecule is COc1cc(CCCN(C)C)ccc1OCc1ccc(F)cc1. The van der Waals surface area contributed by atoms with Crippen LogP contribution in [0.15, 0.2) is 42.5 Å². The highest BCUT2D eigenvalue weighted by molar-refractivity contribution is 5.43. The van der Waals surface area contributed by atoms with Crippen molar-refractivity contribution < 1.29 is 13.9 Å². The monoisotopic (exact) mass is 317 g/mol. The van der Waals surface area contributed by atoms with Gasteiger partial charge in [0.15, 0.2) is 11.5 Å². The van der Waals surface area contributed by atoms with E-state index in [9.17, 15) is 4.39 Å². The number of nitrogens with zero attached hydrogens (tertiary/aromatic N) is 1. The third-order valence-electron chi connectivity index (χ3n) is 3.61. The van der Waals surface area contributed by atoms with Crippen LogP contribution < -0.4 is 9.47 Å². The Morgan fingerprint density at radius 2 is 1.65 bits per heavy atom. The summed E-state index contributed by atoms with van der Waals surface area (Å²) in [6.45, 7) is 1.45. The molecule has 0 aliphatic rings. The lowest BCUT2D eigenvalue weighted by atomic mass is 10.1. The third-order valence-corrected chi connectivity index (χ3v) is 3.61. The Morgan fingerprint density at radius 1 is 0.957 bits per heavy atom. The normalized spacial score (nSPS) is 10.8. The molecule has 0 aliphatic heterocycles. The molecule has 2 rings (SSSR count). The van der Waals surface area contributed by atoms with Gasteiger partial charge >= 0.3 is 0 Å². The Morgan fingerprint density at radius 3 is 2.30 bits per heavy atom. The predicted octanol–water partition coefficient (Wildman–Crippen LogP) is 3.91. The summed E-state index contributed by atoms with van der Waals surface area (Å²) in [5, 5.41) is 0. The van der Waals surface area contributed by atoms with Gasteiger partial charge in [0, 0.05) is 0 Å². The van der Waals surface area contributed by atoms with E-state index in [2.05, 4.69) is 25.1 Å². The molecule has 2 aromatic rings. The number of benzene rings is 2. The Balaban J connectivity index is 1.97. The number of methoxy groups -OCH3 is 1. The van der Waals surface area contributed by atoms with Crippen molar-refractivity contribution in [3.8, 4) is 11.5 Å². The van der Waals surface area contributed by atoms with Gasteiger partial charge in [-0.3, -0.25) is 0 Å². The molecule has 0 radical (unpaired) electrons. The topological polar surface area (TPSA) is 21.7 Å². The van der Waals surface area contributed by atoms with Crippen LogP contribution in [0.2, 0.25) is 0 Å². The van der Waals surface area contributed by atoms with Crippen LogP contribution in [0.25, 0.3) is 0 Å². The molecule has 0 saturated carbocycles. The van der Waals surface area contributed by atoms with Crippen LogP contribution in [0.4, 0.5) is 4.39 Å². The minimum absolute atomic E-state index is 0.242. The lowest BCUT2D eigenvalue weighted by molar-refractivity contribution is 0.284. The van der Waals surface area contributed by atoms with Crippen molar-refractivity contribution in [1.29, 1.82) is 0 Å². The first-order valence-corrected chi connectivity index (χ1v) is 7.77. The number of aryl methyl sites for hydroxylation is 1. The average molecular weight is 317 g/mol. The van der Waals surface area contributed by atoms with Gasteiger partial charge in [0.25, 0.3) is 0 Å². The summed E-state index contributed by atoms with van der Waals surface area (Å²) in [6, 6.07) is 12.3. The smallest absolute Gasteiger partial charge is 0.161 e. The van der Waals surface area contributed by atoms with Crippen molar-refractivity contribution in [1.82, 2.24) is 4.90 Å². The number of ether oxygens (including phenoxy) is 2. The molecule has 0 heterocycles. The Labute approximate surface area is 137 Å². The number of rotatable bonds is 8. The zero-order valence-corrected chi connectivity index (χ0v) is 14.0. The van der Waals surface area contributed by atoms with Crippen LogP contribution in [0.5, 0.6) is 11.5 Å². The van der Waals surface area contributed by atoms with Gasteiger partial charge in [0.2, 0.25) is 0 Å². The molecule has 0 bridgehead atoms. The Bertz CT molecular complexity index is 611. The van der Waals surface area contributed by atoms with Crippen molar-refractivity contribution in [2.45, 2.75) is 19.4 Å². The molecule has 0 spiro atoms. The standard InChI is InChI=1S/C19H24FNO2/c1-21(2)12-4-5-15-8-11-18(19(13-15)22-3)23-14-16-6-9-17(20)10-7-16/h6-11,13H,4-5,12,14H2,1-3H3. The first-order chi connectivity index (χ1) is 11.1. The fraction of sp³-hybridized carbons (Fsp3) is 0.368. The van der Waals surface area contributed by atoms with Gasteiger partial charge in [-0.2, -0.15) is 0 Å². The fourth-order valence-electron chi connectivity index (χ4n) is 2.33. The van der Waals surface area contributed by atoms with Crippen molar-refractivity contribution in [2.75, 3.05) is 27.7 Å². The number of hydrogen-bond acceptors (Lipinski definition) is 3. The molecule has 0 fully saturated rings. The maximum Gasteiger partial charge on any atom is 0.161 e.